The lowest BCUT2D eigenvalue weighted by Gasteiger charge is -2.17. The van der Waals surface area contributed by atoms with Crippen molar-refractivity contribution in [1.82, 2.24) is 10.9 Å². The molecule has 2 N–H and O–H groups in total. The highest BCUT2D eigenvalue weighted by Crippen LogP contribution is 2.27. The first-order valence-corrected chi connectivity index (χ1v) is 9.88. The van der Waals surface area contributed by atoms with E-state index in [0.29, 0.717) is 30.2 Å². The number of rotatable bonds is 7. The summed E-state index contributed by atoms with van der Waals surface area (Å²) in [5.41, 5.74) is 5.90. The Morgan fingerprint density at radius 1 is 0.933 bits per heavy atom. The van der Waals surface area contributed by atoms with Crippen molar-refractivity contribution in [2.24, 2.45) is 5.92 Å². The fourth-order valence-corrected chi connectivity index (χ4v) is 3.18. The van der Waals surface area contributed by atoms with E-state index in [0.717, 1.165) is 5.75 Å². The van der Waals surface area contributed by atoms with E-state index in [1.165, 1.54) is 0 Å². The van der Waals surface area contributed by atoms with Crippen molar-refractivity contribution in [3.05, 3.63) is 54.1 Å². The van der Waals surface area contributed by atoms with Gasteiger partial charge in [-0.25, -0.2) is 0 Å². The van der Waals surface area contributed by atoms with Crippen molar-refractivity contribution in [3.63, 3.8) is 0 Å². The van der Waals surface area contributed by atoms with Crippen LogP contribution in [0, 0.1) is 5.92 Å². The van der Waals surface area contributed by atoms with Crippen LogP contribution >= 0.6 is 0 Å². The second-order valence-corrected chi connectivity index (χ2v) is 6.73. The number of nitrogens with one attached hydrogen (secondary N) is 2. The van der Waals surface area contributed by atoms with Crippen LogP contribution in [0.1, 0.15) is 30.6 Å². The molecule has 0 radical (unpaired) electrons. The van der Waals surface area contributed by atoms with E-state index < -0.39 is 17.7 Å². The zero-order valence-corrected chi connectivity index (χ0v) is 17.0. The zero-order valence-electron chi connectivity index (χ0n) is 17.0. The summed E-state index contributed by atoms with van der Waals surface area (Å²) in [6, 6.07) is 13.7. The number of hydrogen-bond donors (Lipinski definition) is 2. The van der Waals surface area contributed by atoms with E-state index in [9.17, 15) is 14.4 Å². The lowest BCUT2D eigenvalue weighted by molar-refractivity contribution is -0.126. The van der Waals surface area contributed by atoms with E-state index in [1.54, 1.807) is 53.4 Å². The molecule has 2 aromatic carbocycles. The summed E-state index contributed by atoms with van der Waals surface area (Å²) in [6.45, 7) is 5.12. The Kier molecular flexibility index (Phi) is 6.90. The summed E-state index contributed by atoms with van der Waals surface area (Å²) in [5.74, 6) is -0.159. The van der Waals surface area contributed by atoms with Gasteiger partial charge < -0.3 is 14.4 Å². The molecule has 2 aromatic rings. The molecule has 3 amide bonds. The lowest BCUT2D eigenvalue weighted by atomic mass is 10.1. The number of ether oxygens (including phenoxy) is 2. The number of nitrogens with zero attached hydrogens (tertiary/aromatic N) is 1. The molecule has 0 spiro atoms. The summed E-state index contributed by atoms with van der Waals surface area (Å²) < 4.78 is 10.7. The highest BCUT2D eigenvalue weighted by Gasteiger charge is 2.35. The van der Waals surface area contributed by atoms with Crippen molar-refractivity contribution >= 4 is 23.4 Å². The molecule has 3 rings (SSSR count). The molecule has 0 bridgehead atoms. The van der Waals surface area contributed by atoms with Crippen LogP contribution < -0.4 is 25.2 Å². The van der Waals surface area contributed by atoms with Gasteiger partial charge in [0.25, 0.3) is 5.91 Å². The van der Waals surface area contributed by atoms with Gasteiger partial charge in [0.05, 0.1) is 19.1 Å². The summed E-state index contributed by atoms with van der Waals surface area (Å²) in [7, 11) is 0. The smallest absolute Gasteiger partial charge is 0.269 e. The predicted octanol–water partition coefficient (Wildman–Crippen LogP) is 2.30. The summed E-state index contributed by atoms with van der Waals surface area (Å²) >= 11 is 0. The summed E-state index contributed by atoms with van der Waals surface area (Å²) in [6.07, 6.45) is 0.0813. The average molecular weight is 411 g/mol. The molecule has 1 atom stereocenters. The third-order valence-corrected chi connectivity index (χ3v) is 4.68. The molecule has 0 aromatic heterocycles. The second-order valence-electron chi connectivity index (χ2n) is 6.73. The van der Waals surface area contributed by atoms with E-state index in [2.05, 4.69) is 10.9 Å². The zero-order chi connectivity index (χ0) is 21.5. The van der Waals surface area contributed by atoms with Gasteiger partial charge in [-0.05, 0) is 62.4 Å². The first kappa shape index (κ1) is 21.2. The van der Waals surface area contributed by atoms with Crippen LogP contribution in [-0.4, -0.2) is 37.5 Å². The van der Waals surface area contributed by atoms with Crippen LogP contribution in [-0.2, 0) is 9.59 Å². The number of carbonyl (C=O) groups excluding carboxylic acids is 3. The van der Waals surface area contributed by atoms with Crippen LogP contribution in [0.3, 0.4) is 0 Å². The first-order valence-electron chi connectivity index (χ1n) is 9.88. The monoisotopic (exact) mass is 411 g/mol. The maximum atomic E-state index is 12.4. The molecule has 1 aliphatic heterocycles. The molecular formula is C22H25N3O5. The number of anilines is 1. The molecule has 1 heterocycles. The Balaban J connectivity index is 1.53. The van der Waals surface area contributed by atoms with Crippen LogP contribution in [0.15, 0.2) is 48.5 Å². The number of amides is 3. The van der Waals surface area contributed by atoms with Gasteiger partial charge in [0.15, 0.2) is 0 Å². The maximum Gasteiger partial charge on any atom is 0.269 e. The third-order valence-electron chi connectivity index (χ3n) is 4.68. The highest BCUT2D eigenvalue weighted by atomic mass is 16.5. The Hall–Kier alpha value is -3.55. The third kappa shape index (κ3) is 5.08. The Morgan fingerprint density at radius 2 is 1.50 bits per heavy atom. The van der Waals surface area contributed by atoms with Crippen LogP contribution in [0.25, 0.3) is 0 Å². The normalized spacial score (nSPS) is 15.6. The fraction of sp³-hybridized carbons (Fsp3) is 0.318. The quantitative estimate of drug-likeness (QED) is 0.682. The fourth-order valence-electron chi connectivity index (χ4n) is 3.18. The van der Waals surface area contributed by atoms with Gasteiger partial charge in [0.1, 0.15) is 11.5 Å². The molecule has 0 saturated carbocycles. The molecule has 0 aliphatic carbocycles. The van der Waals surface area contributed by atoms with Gasteiger partial charge >= 0.3 is 0 Å². The van der Waals surface area contributed by atoms with E-state index in [-0.39, 0.29) is 18.9 Å². The minimum absolute atomic E-state index is 0.0813. The van der Waals surface area contributed by atoms with Crippen molar-refractivity contribution in [2.75, 3.05) is 24.7 Å². The topological polar surface area (TPSA) is 97.0 Å². The summed E-state index contributed by atoms with van der Waals surface area (Å²) in [4.78, 5) is 38.6. The molecule has 1 saturated heterocycles. The molecule has 1 aliphatic rings. The van der Waals surface area contributed by atoms with E-state index >= 15 is 0 Å². The van der Waals surface area contributed by atoms with E-state index in [4.69, 9.17) is 9.47 Å². The molecule has 30 heavy (non-hydrogen) atoms. The molecule has 1 fully saturated rings. The van der Waals surface area contributed by atoms with Crippen molar-refractivity contribution in [1.29, 1.82) is 0 Å². The van der Waals surface area contributed by atoms with Gasteiger partial charge in [0.2, 0.25) is 11.8 Å². The molecule has 158 valence electrons. The molecule has 8 heteroatoms. The van der Waals surface area contributed by atoms with Gasteiger partial charge in [0, 0.05) is 24.2 Å². The van der Waals surface area contributed by atoms with Crippen LogP contribution in [0.5, 0.6) is 11.5 Å². The van der Waals surface area contributed by atoms with E-state index in [1.807, 2.05) is 13.8 Å². The lowest BCUT2D eigenvalue weighted by Crippen LogP contribution is -2.45. The number of hydrogen-bond acceptors (Lipinski definition) is 5. The molecule has 0 unspecified atom stereocenters. The summed E-state index contributed by atoms with van der Waals surface area (Å²) in [5, 5.41) is 0. The SMILES string of the molecule is CCOc1ccc(C(=O)NNC(=O)[C@@H]2CC(=O)N(c3ccc(OCC)cc3)C2)cc1. The van der Waals surface area contributed by atoms with Crippen molar-refractivity contribution in [3.8, 4) is 11.5 Å². The number of hydrazine groups is 1. The number of carbonyl (C=O) groups is 3. The molecule has 8 nitrogen and oxygen atoms in total. The Labute approximate surface area is 175 Å². The largest absolute Gasteiger partial charge is 0.494 e. The maximum absolute atomic E-state index is 12.4. The average Bonchev–Trinajstić information content (AvgIpc) is 3.15. The highest BCUT2D eigenvalue weighted by molar-refractivity contribution is 6.01. The minimum atomic E-state index is -0.551. The van der Waals surface area contributed by atoms with Crippen molar-refractivity contribution < 1.29 is 23.9 Å². The Morgan fingerprint density at radius 3 is 2.07 bits per heavy atom. The molecular weight excluding hydrogens is 386 g/mol. The van der Waals surface area contributed by atoms with Gasteiger partial charge in [-0.1, -0.05) is 0 Å². The number of benzene rings is 2. The second kappa shape index (κ2) is 9.78. The standard InChI is InChI=1S/C22H25N3O5/c1-3-29-18-9-5-15(6-10-18)21(27)23-24-22(28)16-13-20(26)25(14-16)17-7-11-19(12-8-17)30-4-2/h5-12,16H,3-4,13-14H2,1-2H3,(H,23,27)(H,24,28)/t16-/m1/s1. The van der Waals surface area contributed by atoms with Crippen LogP contribution in [0.2, 0.25) is 0 Å². The van der Waals surface area contributed by atoms with Gasteiger partial charge in [-0.2, -0.15) is 0 Å². The predicted molar refractivity (Wildman–Crippen MR) is 111 cm³/mol. The van der Waals surface area contributed by atoms with Crippen molar-refractivity contribution in [2.45, 2.75) is 20.3 Å². The first-order chi connectivity index (χ1) is 14.5. The minimum Gasteiger partial charge on any atom is -0.494 e. The Bertz CT molecular complexity index is 896. The van der Waals surface area contributed by atoms with Gasteiger partial charge in [-0.15, -0.1) is 0 Å². The van der Waals surface area contributed by atoms with Crippen LogP contribution in [0.4, 0.5) is 5.69 Å². The van der Waals surface area contributed by atoms with Gasteiger partial charge in [-0.3, -0.25) is 25.2 Å².